The van der Waals surface area contributed by atoms with Crippen molar-refractivity contribution in [2.45, 2.75) is 159 Å². The van der Waals surface area contributed by atoms with E-state index in [1.54, 1.807) is 18.2 Å². The molecule has 0 aliphatic carbocycles. The minimum absolute atomic E-state index is 0. The number of para-hydroxylation sites is 1. The standard InChI is InChI=1S/C10H7NO3.3C10H20O2.Bi/c12-8-3-1-2-6-4-5-7(10(13)14)11-9(6)8;3*1-10(2,3)8-6-4-5-7-9(11)12;/h1-5,12H,(H,13,14);3*4-8H2,1-3H3,(H,11,12);. The van der Waals surface area contributed by atoms with Gasteiger partial charge in [-0.2, -0.15) is 0 Å². The Labute approximate surface area is 326 Å². The van der Waals surface area contributed by atoms with Gasteiger partial charge in [-0.05, 0) is 66.9 Å². The van der Waals surface area contributed by atoms with E-state index in [1.165, 1.54) is 31.4 Å². The third kappa shape index (κ3) is 36.8. The number of carboxylic acid groups (broad SMARTS) is 4. The van der Waals surface area contributed by atoms with Crippen molar-refractivity contribution >= 4 is 61.0 Å². The first-order chi connectivity index (χ1) is 22.9. The summed E-state index contributed by atoms with van der Waals surface area (Å²) in [4.78, 5) is 44.9. The SMILES string of the molecule is CC(C)(C)CCCCCC(=O)O.CC(C)(C)CCCCCC(=O)O.CC(C)(C)CCCCCC(=O)O.O=C(O)c1ccc2cccc(O)c2n1.[Bi]. The number of phenolic OH excluding ortho intramolecular Hbond substituents is 1. The van der Waals surface area contributed by atoms with Gasteiger partial charge in [0.15, 0.2) is 0 Å². The molecule has 0 saturated carbocycles. The third-order valence-corrected chi connectivity index (χ3v) is 7.37. The molecule has 1 heterocycles. The molecular formula is C40H67BiNO9. The molecule has 51 heavy (non-hydrogen) atoms. The van der Waals surface area contributed by atoms with E-state index in [-0.39, 0.29) is 37.6 Å². The van der Waals surface area contributed by atoms with Gasteiger partial charge in [-0.15, -0.1) is 0 Å². The van der Waals surface area contributed by atoms with Crippen LogP contribution in [-0.4, -0.2) is 80.6 Å². The molecule has 0 aliphatic rings. The second-order valence-electron chi connectivity index (χ2n) is 16.4. The summed E-state index contributed by atoms with van der Waals surface area (Å²) < 4.78 is 0. The predicted molar refractivity (Wildman–Crippen MR) is 207 cm³/mol. The van der Waals surface area contributed by atoms with Crippen molar-refractivity contribution in [3.8, 4) is 5.75 Å². The second kappa shape index (κ2) is 27.8. The molecule has 0 fully saturated rings. The first-order valence-corrected chi connectivity index (χ1v) is 17.9. The normalized spacial score (nSPS) is 11.0. The van der Waals surface area contributed by atoms with Crippen LogP contribution >= 0.6 is 0 Å². The number of hydrogen-bond acceptors (Lipinski definition) is 6. The smallest absolute Gasteiger partial charge is 0.354 e. The van der Waals surface area contributed by atoms with Gasteiger partial charge in [0.2, 0.25) is 0 Å². The van der Waals surface area contributed by atoms with Crippen LogP contribution < -0.4 is 0 Å². The van der Waals surface area contributed by atoms with Crippen LogP contribution in [0.3, 0.4) is 0 Å². The number of unbranched alkanes of at least 4 members (excludes halogenated alkanes) is 6. The summed E-state index contributed by atoms with van der Waals surface area (Å²) >= 11 is 0. The number of phenols is 1. The zero-order valence-corrected chi connectivity index (χ0v) is 36.2. The number of carboxylic acids is 4. The van der Waals surface area contributed by atoms with Crippen molar-refractivity contribution in [1.82, 2.24) is 4.98 Å². The van der Waals surface area contributed by atoms with Crippen LogP contribution in [0.15, 0.2) is 30.3 Å². The number of aromatic nitrogens is 1. The van der Waals surface area contributed by atoms with Crippen LogP contribution in [0.1, 0.15) is 169 Å². The van der Waals surface area contributed by atoms with Gasteiger partial charge in [-0.1, -0.05) is 119 Å². The molecule has 10 nitrogen and oxygen atoms in total. The summed E-state index contributed by atoms with van der Waals surface area (Å²) in [5.74, 6) is -3.14. The van der Waals surface area contributed by atoms with Gasteiger partial charge >= 0.3 is 23.9 Å². The molecule has 0 saturated heterocycles. The summed E-state index contributed by atoms with van der Waals surface area (Å²) in [6.07, 6.45) is 13.6. The topological polar surface area (TPSA) is 182 Å². The van der Waals surface area contributed by atoms with Crippen molar-refractivity contribution in [1.29, 1.82) is 0 Å². The Hall–Kier alpha value is -2.81. The number of hydrogen-bond donors (Lipinski definition) is 5. The Balaban J connectivity index is -0.000000601. The van der Waals surface area contributed by atoms with Gasteiger partial charge in [0.25, 0.3) is 0 Å². The molecule has 1 aromatic heterocycles. The number of rotatable bonds is 16. The summed E-state index contributed by atoms with van der Waals surface area (Å²) in [6.45, 7) is 19.9. The number of nitrogens with zero attached hydrogens (tertiary/aromatic N) is 1. The third-order valence-electron chi connectivity index (χ3n) is 7.37. The number of aromatic carboxylic acids is 1. The van der Waals surface area contributed by atoms with Gasteiger partial charge in [0.05, 0.1) is 0 Å². The fourth-order valence-corrected chi connectivity index (χ4v) is 4.58. The first kappa shape index (κ1) is 52.6. The van der Waals surface area contributed by atoms with Gasteiger partial charge in [0.1, 0.15) is 17.0 Å². The van der Waals surface area contributed by atoms with Crippen LogP contribution in [0, 0.1) is 16.2 Å². The van der Waals surface area contributed by atoms with Gasteiger partial charge < -0.3 is 25.5 Å². The Bertz CT molecular complexity index is 1190. The predicted octanol–water partition coefficient (Wildman–Crippen LogP) is 10.5. The minimum Gasteiger partial charge on any atom is -0.506 e. The average Bonchev–Trinajstić information content (AvgIpc) is 2.95. The minimum atomic E-state index is -1.10. The molecule has 0 aliphatic heterocycles. The number of carbonyl (C=O) groups is 4. The maximum absolute atomic E-state index is 10.6. The zero-order valence-electron chi connectivity index (χ0n) is 32.8. The average molecular weight is 915 g/mol. The molecular weight excluding hydrogens is 847 g/mol. The van der Waals surface area contributed by atoms with Crippen molar-refractivity contribution in [2.24, 2.45) is 16.2 Å². The Morgan fingerprint density at radius 3 is 1.18 bits per heavy atom. The molecule has 5 N–H and O–H groups in total. The van der Waals surface area contributed by atoms with E-state index < -0.39 is 23.9 Å². The summed E-state index contributed by atoms with van der Waals surface area (Å²) in [6, 6.07) is 7.93. The van der Waals surface area contributed by atoms with E-state index in [0.29, 0.717) is 41.0 Å². The molecule has 0 unspecified atom stereocenters. The Kier molecular flexibility index (Phi) is 28.6. The maximum atomic E-state index is 10.6. The van der Waals surface area contributed by atoms with Crippen LogP contribution in [-0.2, 0) is 14.4 Å². The molecule has 11 heteroatoms. The molecule has 291 valence electrons. The van der Waals surface area contributed by atoms with Crippen LogP contribution in [0.25, 0.3) is 10.9 Å². The molecule has 0 atom stereocenters. The quantitative estimate of drug-likeness (QED) is 0.0803. The molecule has 0 bridgehead atoms. The van der Waals surface area contributed by atoms with E-state index >= 15 is 0 Å². The second-order valence-corrected chi connectivity index (χ2v) is 16.4. The molecule has 0 spiro atoms. The van der Waals surface area contributed by atoms with Crippen molar-refractivity contribution in [3.05, 3.63) is 36.0 Å². The van der Waals surface area contributed by atoms with Gasteiger partial charge in [-0.3, -0.25) is 14.4 Å². The summed E-state index contributed by atoms with van der Waals surface area (Å²) in [7, 11) is 0. The van der Waals surface area contributed by atoms with Crippen LogP contribution in [0.4, 0.5) is 0 Å². The van der Waals surface area contributed by atoms with E-state index in [0.717, 1.165) is 63.2 Å². The number of aliphatic carboxylic acids is 3. The van der Waals surface area contributed by atoms with Gasteiger partial charge in [0, 0.05) is 50.9 Å². The van der Waals surface area contributed by atoms with Crippen molar-refractivity contribution in [2.75, 3.05) is 0 Å². The van der Waals surface area contributed by atoms with Crippen LogP contribution in [0.5, 0.6) is 5.75 Å². The fourth-order valence-electron chi connectivity index (χ4n) is 4.58. The first-order valence-electron chi connectivity index (χ1n) is 17.9. The van der Waals surface area contributed by atoms with E-state index in [1.807, 2.05) is 0 Å². The Morgan fingerprint density at radius 1 is 0.529 bits per heavy atom. The van der Waals surface area contributed by atoms with Gasteiger partial charge in [-0.25, -0.2) is 9.78 Å². The number of aromatic hydroxyl groups is 1. The molecule has 2 aromatic rings. The van der Waals surface area contributed by atoms with Crippen molar-refractivity contribution in [3.63, 3.8) is 0 Å². The molecule has 3 radical (unpaired) electrons. The largest absolute Gasteiger partial charge is 0.506 e. The van der Waals surface area contributed by atoms with Crippen LogP contribution in [0.2, 0.25) is 0 Å². The maximum Gasteiger partial charge on any atom is 0.354 e. The Morgan fingerprint density at radius 2 is 0.882 bits per heavy atom. The monoisotopic (exact) mass is 914 g/mol. The zero-order chi connectivity index (χ0) is 39.0. The van der Waals surface area contributed by atoms with E-state index in [9.17, 15) is 24.3 Å². The van der Waals surface area contributed by atoms with E-state index in [4.69, 9.17) is 20.4 Å². The molecule has 1 aromatic carbocycles. The summed E-state index contributed by atoms with van der Waals surface area (Å²) in [5.41, 5.74) is 1.42. The molecule has 0 amide bonds. The number of fused-ring (bicyclic) bond motifs is 1. The van der Waals surface area contributed by atoms with Crippen molar-refractivity contribution < 1.29 is 44.7 Å². The molecule has 2 rings (SSSR count). The summed E-state index contributed by atoms with van der Waals surface area (Å²) in [5, 5.41) is 43.9. The number of pyridine rings is 1. The number of benzene rings is 1. The fraction of sp³-hybridized carbons (Fsp3) is 0.675. The van der Waals surface area contributed by atoms with E-state index in [2.05, 4.69) is 67.3 Å².